The van der Waals surface area contributed by atoms with Crippen LogP contribution in [0.1, 0.15) is 29.7 Å². The third-order valence-corrected chi connectivity index (χ3v) is 6.04. The summed E-state index contributed by atoms with van der Waals surface area (Å²) in [5.74, 6) is 0.103. The zero-order chi connectivity index (χ0) is 17.6. The lowest BCUT2D eigenvalue weighted by Gasteiger charge is -2.31. The molecule has 25 heavy (non-hydrogen) atoms. The van der Waals surface area contributed by atoms with Gasteiger partial charge in [-0.3, -0.25) is 9.89 Å². The Hall–Kier alpha value is -1.72. The number of nitrogens with zero attached hydrogens (tertiary/aromatic N) is 2. The molecular formula is C18H19Cl2N3O2. The molecule has 7 heteroatoms. The molecule has 1 amide bonds. The number of phenolic OH excluding ortho intramolecular Hbond substituents is 1. The number of nitrogens with one attached hydrogen (secondary N) is 1. The van der Waals surface area contributed by atoms with Crippen LogP contribution in [0.5, 0.6) is 5.75 Å². The van der Waals surface area contributed by atoms with E-state index in [0.29, 0.717) is 16.5 Å². The molecule has 2 aliphatic rings. The summed E-state index contributed by atoms with van der Waals surface area (Å²) in [6.07, 6.45) is 5.98. The van der Waals surface area contributed by atoms with Crippen LogP contribution in [-0.4, -0.2) is 38.7 Å². The first-order valence-corrected chi connectivity index (χ1v) is 9.27. The number of aromatic amines is 1. The Balaban J connectivity index is 1.47. The standard InChI is InChI=1S/C18H19Cl2N3O2/c19-15-7-13(24)8-16(20)14(15)5-10-3-4-23(18(10)25)12-2-1-11-9-21-22-17(11)6-12/h7-10,12,24H,1-6H2,(H,21,22). The first-order chi connectivity index (χ1) is 12.0. The van der Waals surface area contributed by atoms with E-state index >= 15 is 0 Å². The fraction of sp³-hybridized carbons (Fsp3) is 0.444. The lowest BCUT2D eigenvalue weighted by molar-refractivity contribution is -0.133. The maximum atomic E-state index is 12.9. The van der Waals surface area contributed by atoms with Crippen molar-refractivity contribution >= 4 is 29.1 Å². The summed E-state index contributed by atoms with van der Waals surface area (Å²) >= 11 is 12.4. The second-order valence-electron chi connectivity index (χ2n) is 6.88. The molecule has 1 aromatic heterocycles. The van der Waals surface area contributed by atoms with Gasteiger partial charge in [-0.2, -0.15) is 5.10 Å². The zero-order valence-corrected chi connectivity index (χ0v) is 15.1. The minimum Gasteiger partial charge on any atom is -0.508 e. The zero-order valence-electron chi connectivity index (χ0n) is 13.6. The summed E-state index contributed by atoms with van der Waals surface area (Å²) in [7, 11) is 0. The number of H-pyrrole nitrogens is 1. The van der Waals surface area contributed by atoms with Crippen LogP contribution >= 0.6 is 23.2 Å². The second-order valence-corrected chi connectivity index (χ2v) is 7.69. The molecule has 2 N–H and O–H groups in total. The number of phenols is 1. The summed E-state index contributed by atoms with van der Waals surface area (Å²) in [5.41, 5.74) is 3.15. The van der Waals surface area contributed by atoms with Crippen molar-refractivity contribution in [3.8, 4) is 5.75 Å². The Bertz CT molecular complexity index is 797. The lowest BCUT2D eigenvalue weighted by Crippen LogP contribution is -2.41. The topological polar surface area (TPSA) is 69.2 Å². The number of fused-ring (bicyclic) bond motifs is 1. The number of amides is 1. The molecule has 5 nitrogen and oxygen atoms in total. The van der Waals surface area contributed by atoms with E-state index in [0.717, 1.165) is 43.5 Å². The summed E-state index contributed by atoms with van der Waals surface area (Å²) in [6, 6.07) is 3.18. The minimum absolute atomic E-state index is 0.0377. The highest BCUT2D eigenvalue weighted by Gasteiger charge is 2.37. The lowest BCUT2D eigenvalue weighted by atomic mass is 9.92. The van der Waals surface area contributed by atoms with E-state index in [-0.39, 0.29) is 23.6 Å². The number of aryl methyl sites for hydroxylation is 1. The summed E-state index contributed by atoms with van der Waals surface area (Å²) in [6.45, 7) is 0.769. The van der Waals surface area contributed by atoms with Gasteiger partial charge in [-0.25, -0.2) is 0 Å². The normalized spacial score (nSPS) is 23.1. The summed E-state index contributed by atoms with van der Waals surface area (Å²) in [4.78, 5) is 14.9. The van der Waals surface area contributed by atoms with Crippen molar-refractivity contribution in [2.24, 2.45) is 5.92 Å². The van der Waals surface area contributed by atoms with Gasteiger partial charge in [0.2, 0.25) is 5.91 Å². The molecule has 132 valence electrons. The van der Waals surface area contributed by atoms with E-state index < -0.39 is 0 Å². The number of aromatic hydroxyl groups is 1. The molecule has 0 bridgehead atoms. The first kappa shape index (κ1) is 16.7. The SMILES string of the molecule is O=C1C(Cc2c(Cl)cc(O)cc2Cl)CCN1C1CCc2cn[nH]c2C1. The molecular weight excluding hydrogens is 361 g/mol. The third kappa shape index (κ3) is 3.11. The molecule has 2 aromatic rings. The van der Waals surface area contributed by atoms with E-state index in [2.05, 4.69) is 10.2 Å². The second kappa shape index (κ2) is 6.54. The van der Waals surface area contributed by atoms with E-state index in [1.807, 2.05) is 11.1 Å². The van der Waals surface area contributed by atoms with Crippen LogP contribution in [0.3, 0.4) is 0 Å². The number of hydrogen-bond donors (Lipinski definition) is 2. The van der Waals surface area contributed by atoms with Crippen LogP contribution in [0.4, 0.5) is 0 Å². The molecule has 1 fully saturated rings. The van der Waals surface area contributed by atoms with E-state index in [1.54, 1.807) is 0 Å². The maximum absolute atomic E-state index is 12.9. The van der Waals surface area contributed by atoms with Gasteiger partial charge in [0.1, 0.15) is 5.75 Å². The summed E-state index contributed by atoms with van der Waals surface area (Å²) in [5, 5.41) is 17.5. The van der Waals surface area contributed by atoms with Crippen LogP contribution < -0.4 is 0 Å². The predicted molar refractivity (Wildman–Crippen MR) is 96.1 cm³/mol. The molecule has 1 aliphatic carbocycles. The van der Waals surface area contributed by atoms with E-state index in [1.165, 1.54) is 17.7 Å². The smallest absolute Gasteiger partial charge is 0.226 e. The molecule has 2 unspecified atom stereocenters. The molecule has 1 aliphatic heterocycles. The van der Waals surface area contributed by atoms with Crippen molar-refractivity contribution in [1.29, 1.82) is 0 Å². The molecule has 2 atom stereocenters. The molecule has 2 heterocycles. The van der Waals surface area contributed by atoms with Crippen molar-refractivity contribution in [1.82, 2.24) is 15.1 Å². The minimum atomic E-state index is -0.109. The van der Waals surface area contributed by atoms with Gasteiger partial charge in [-0.05, 0) is 48.9 Å². The van der Waals surface area contributed by atoms with Gasteiger partial charge in [0.25, 0.3) is 0 Å². The van der Waals surface area contributed by atoms with Crippen molar-refractivity contribution < 1.29 is 9.90 Å². The number of benzene rings is 1. The first-order valence-electron chi connectivity index (χ1n) is 8.51. The van der Waals surface area contributed by atoms with Crippen LogP contribution in [0, 0.1) is 5.92 Å². The Morgan fingerprint density at radius 1 is 1.28 bits per heavy atom. The third-order valence-electron chi connectivity index (χ3n) is 5.36. The van der Waals surface area contributed by atoms with Gasteiger partial charge in [-0.15, -0.1) is 0 Å². The van der Waals surface area contributed by atoms with E-state index in [9.17, 15) is 9.90 Å². The highest BCUT2D eigenvalue weighted by atomic mass is 35.5. The Morgan fingerprint density at radius 3 is 2.80 bits per heavy atom. The number of carbonyl (C=O) groups excluding carboxylic acids is 1. The van der Waals surface area contributed by atoms with Crippen molar-refractivity contribution in [2.75, 3.05) is 6.54 Å². The highest BCUT2D eigenvalue weighted by molar-refractivity contribution is 6.36. The predicted octanol–water partition coefficient (Wildman–Crippen LogP) is 3.37. The molecule has 0 spiro atoms. The van der Waals surface area contributed by atoms with Crippen molar-refractivity contribution in [3.05, 3.63) is 45.2 Å². The average molecular weight is 380 g/mol. The Kier molecular flexibility index (Phi) is 4.38. The molecule has 0 saturated carbocycles. The highest BCUT2D eigenvalue weighted by Crippen LogP contribution is 2.35. The molecule has 0 radical (unpaired) electrons. The van der Waals surface area contributed by atoms with Crippen molar-refractivity contribution in [2.45, 2.75) is 38.1 Å². The van der Waals surface area contributed by atoms with Gasteiger partial charge in [0.05, 0.1) is 6.20 Å². The quantitative estimate of drug-likeness (QED) is 0.858. The van der Waals surface area contributed by atoms with Gasteiger partial charge < -0.3 is 10.0 Å². The Morgan fingerprint density at radius 2 is 2.04 bits per heavy atom. The summed E-state index contributed by atoms with van der Waals surface area (Å²) < 4.78 is 0. The van der Waals surface area contributed by atoms with Gasteiger partial charge in [0, 0.05) is 40.7 Å². The van der Waals surface area contributed by atoms with Gasteiger partial charge in [0.15, 0.2) is 0 Å². The number of halogens is 2. The Labute approximate surface area is 155 Å². The van der Waals surface area contributed by atoms with E-state index in [4.69, 9.17) is 23.2 Å². The van der Waals surface area contributed by atoms with Gasteiger partial charge >= 0.3 is 0 Å². The monoisotopic (exact) mass is 379 g/mol. The number of carbonyl (C=O) groups is 1. The average Bonchev–Trinajstić information content (AvgIpc) is 3.17. The molecule has 4 rings (SSSR count). The van der Waals surface area contributed by atoms with Crippen LogP contribution in [-0.2, 0) is 24.1 Å². The van der Waals surface area contributed by atoms with Crippen LogP contribution in [0.15, 0.2) is 18.3 Å². The maximum Gasteiger partial charge on any atom is 0.226 e. The van der Waals surface area contributed by atoms with Crippen LogP contribution in [0.2, 0.25) is 10.0 Å². The van der Waals surface area contributed by atoms with Crippen molar-refractivity contribution in [3.63, 3.8) is 0 Å². The van der Waals surface area contributed by atoms with Crippen LogP contribution in [0.25, 0.3) is 0 Å². The number of aromatic nitrogens is 2. The number of hydrogen-bond acceptors (Lipinski definition) is 3. The molecule has 1 aromatic carbocycles. The fourth-order valence-electron chi connectivity index (χ4n) is 4.00. The van der Waals surface area contributed by atoms with Gasteiger partial charge in [-0.1, -0.05) is 23.2 Å². The number of likely N-dealkylation sites (tertiary alicyclic amines) is 1. The number of rotatable bonds is 3. The fourth-order valence-corrected chi connectivity index (χ4v) is 4.63. The largest absolute Gasteiger partial charge is 0.508 e. The molecule has 1 saturated heterocycles.